The Bertz CT molecular complexity index is 683. The number of rotatable bonds is 3. The van der Waals surface area contributed by atoms with Gasteiger partial charge < -0.3 is 5.11 Å². The largest absolute Gasteiger partial charge is 0.376 e. The van der Waals surface area contributed by atoms with E-state index in [0.717, 1.165) is 0 Å². The van der Waals surface area contributed by atoms with Crippen LogP contribution in [0.4, 0.5) is 0 Å². The second kappa shape index (κ2) is 6.54. The average Bonchev–Trinajstić information content (AvgIpc) is 2.56. The fourth-order valence-corrected chi connectivity index (χ4v) is 2.95. The van der Waals surface area contributed by atoms with Crippen LogP contribution in [0.2, 0.25) is 15.1 Å². The number of aliphatic hydroxyl groups is 1. The van der Waals surface area contributed by atoms with Crippen LogP contribution in [0.1, 0.15) is 16.7 Å². The molecular weight excluding hydrogens is 351 g/mol. The summed E-state index contributed by atoms with van der Waals surface area (Å²) in [5.74, 6) is 0. The van der Waals surface area contributed by atoms with Crippen LogP contribution in [0.3, 0.4) is 0 Å². The summed E-state index contributed by atoms with van der Waals surface area (Å²) >= 11 is 17.9. The van der Waals surface area contributed by atoms with E-state index in [-0.39, 0.29) is 0 Å². The molecule has 3 aromatic rings. The van der Waals surface area contributed by atoms with Gasteiger partial charge in [0.05, 0.1) is 0 Å². The first-order chi connectivity index (χ1) is 11.0. The Morgan fingerprint density at radius 1 is 0.478 bits per heavy atom. The minimum Gasteiger partial charge on any atom is -0.376 e. The number of halogens is 3. The van der Waals surface area contributed by atoms with Crippen LogP contribution < -0.4 is 0 Å². The van der Waals surface area contributed by atoms with Gasteiger partial charge in [-0.1, -0.05) is 71.2 Å². The Morgan fingerprint density at radius 2 is 0.696 bits per heavy atom. The highest BCUT2D eigenvalue weighted by atomic mass is 35.5. The van der Waals surface area contributed by atoms with Crippen molar-refractivity contribution in [3.63, 3.8) is 0 Å². The molecule has 3 aromatic carbocycles. The predicted octanol–water partition coefficient (Wildman–Crippen LogP) is 5.93. The van der Waals surface area contributed by atoms with Gasteiger partial charge in [-0.15, -0.1) is 0 Å². The SMILES string of the molecule is OC(c1ccc(Cl)cc1)(c1ccc(Cl)cc1)c1ccc(Cl)cc1. The third-order valence-electron chi connectivity index (χ3n) is 3.79. The van der Waals surface area contributed by atoms with Crippen LogP contribution in [0.5, 0.6) is 0 Å². The topological polar surface area (TPSA) is 20.2 Å². The second-order valence-electron chi connectivity index (χ2n) is 5.23. The van der Waals surface area contributed by atoms with Gasteiger partial charge in [-0.2, -0.15) is 0 Å². The molecule has 0 amide bonds. The summed E-state index contributed by atoms with van der Waals surface area (Å²) in [7, 11) is 0. The molecule has 116 valence electrons. The number of benzene rings is 3. The van der Waals surface area contributed by atoms with E-state index in [1.54, 1.807) is 36.4 Å². The van der Waals surface area contributed by atoms with E-state index in [1.165, 1.54) is 0 Å². The molecule has 0 radical (unpaired) electrons. The summed E-state index contributed by atoms with van der Waals surface area (Å²) in [6, 6.07) is 21.4. The smallest absolute Gasteiger partial charge is 0.140 e. The minimum absolute atomic E-state index is 0.614. The van der Waals surface area contributed by atoms with Crippen molar-refractivity contribution >= 4 is 34.8 Å². The Labute approximate surface area is 150 Å². The van der Waals surface area contributed by atoms with Gasteiger partial charge in [0.25, 0.3) is 0 Å². The van der Waals surface area contributed by atoms with Gasteiger partial charge in [-0.05, 0) is 53.1 Å². The molecule has 0 aliphatic heterocycles. The third kappa shape index (κ3) is 3.24. The maximum Gasteiger partial charge on any atom is 0.140 e. The molecule has 1 N–H and O–H groups in total. The molecule has 0 bridgehead atoms. The standard InChI is InChI=1S/C19H13Cl3O/c20-16-7-1-13(2-8-16)19(23,14-3-9-17(21)10-4-14)15-5-11-18(22)12-6-15/h1-12,23H. The van der Waals surface area contributed by atoms with E-state index in [1.807, 2.05) is 36.4 Å². The first-order valence-corrected chi connectivity index (χ1v) is 8.14. The molecule has 4 heteroatoms. The van der Waals surface area contributed by atoms with Crippen LogP contribution in [-0.2, 0) is 5.60 Å². The molecule has 0 aliphatic rings. The molecule has 0 saturated carbocycles. The molecule has 0 fully saturated rings. The average molecular weight is 364 g/mol. The number of hydrogen-bond acceptors (Lipinski definition) is 1. The lowest BCUT2D eigenvalue weighted by Gasteiger charge is -2.30. The predicted molar refractivity (Wildman–Crippen MR) is 96.5 cm³/mol. The first kappa shape index (κ1) is 16.4. The van der Waals surface area contributed by atoms with Crippen molar-refractivity contribution in [3.05, 3.63) is 105 Å². The van der Waals surface area contributed by atoms with E-state index in [2.05, 4.69) is 0 Å². The minimum atomic E-state index is -1.32. The molecule has 1 nitrogen and oxygen atoms in total. The van der Waals surface area contributed by atoms with Crippen LogP contribution in [0.15, 0.2) is 72.8 Å². The van der Waals surface area contributed by atoms with E-state index in [0.29, 0.717) is 31.8 Å². The molecule has 0 unspecified atom stereocenters. The quantitative estimate of drug-likeness (QED) is 0.572. The Morgan fingerprint density at radius 3 is 0.913 bits per heavy atom. The fourth-order valence-electron chi connectivity index (χ4n) is 2.57. The van der Waals surface area contributed by atoms with Crippen molar-refractivity contribution in [3.8, 4) is 0 Å². The zero-order valence-electron chi connectivity index (χ0n) is 12.0. The lowest BCUT2D eigenvalue weighted by atomic mass is 9.80. The molecule has 23 heavy (non-hydrogen) atoms. The van der Waals surface area contributed by atoms with Gasteiger partial charge >= 0.3 is 0 Å². The van der Waals surface area contributed by atoms with Crippen LogP contribution in [0.25, 0.3) is 0 Å². The normalized spacial score (nSPS) is 11.5. The molecule has 0 saturated heterocycles. The van der Waals surface area contributed by atoms with Gasteiger partial charge in [0.1, 0.15) is 5.60 Å². The Balaban J connectivity index is 2.21. The summed E-state index contributed by atoms with van der Waals surface area (Å²) < 4.78 is 0. The Kier molecular flexibility index (Phi) is 4.65. The highest BCUT2D eigenvalue weighted by Crippen LogP contribution is 2.37. The zero-order valence-corrected chi connectivity index (χ0v) is 14.3. The lowest BCUT2D eigenvalue weighted by Crippen LogP contribution is -2.28. The van der Waals surface area contributed by atoms with Crippen LogP contribution in [-0.4, -0.2) is 5.11 Å². The van der Waals surface area contributed by atoms with E-state index >= 15 is 0 Å². The second-order valence-corrected chi connectivity index (χ2v) is 6.54. The van der Waals surface area contributed by atoms with Crippen molar-refractivity contribution in [1.82, 2.24) is 0 Å². The summed E-state index contributed by atoms with van der Waals surface area (Å²) in [5, 5.41) is 13.4. The summed E-state index contributed by atoms with van der Waals surface area (Å²) in [6.07, 6.45) is 0. The van der Waals surface area contributed by atoms with E-state index in [9.17, 15) is 5.11 Å². The fraction of sp³-hybridized carbons (Fsp3) is 0.0526. The molecule has 3 rings (SSSR count). The van der Waals surface area contributed by atoms with Gasteiger partial charge in [-0.3, -0.25) is 0 Å². The molecule has 0 spiro atoms. The zero-order chi connectivity index (χ0) is 16.4. The first-order valence-electron chi connectivity index (χ1n) is 7.00. The number of hydrogen-bond donors (Lipinski definition) is 1. The molecule has 0 aliphatic carbocycles. The third-order valence-corrected chi connectivity index (χ3v) is 4.54. The molecule has 0 heterocycles. The molecule has 0 atom stereocenters. The Hall–Kier alpha value is -1.51. The molecule has 0 aromatic heterocycles. The summed E-state index contributed by atoms with van der Waals surface area (Å²) in [4.78, 5) is 0. The van der Waals surface area contributed by atoms with Gasteiger partial charge in [0.2, 0.25) is 0 Å². The maximum absolute atomic E-state index is 11.6. The lowest BCUT2D eigenvalue weighted by molar-refractivity contribution is 0.125. The van der Waals surface area contributed by atoms with Crippen molar-refractivity contribution < 1.29 is 5.11 Å². The van der Waals surface area contributed by atoms with Crippen LogP contribution in [0, 0.1) is 0 Å². The van der Waals surface area contributed by atoms with Crippen molar-refractivity contribution in [2.75, 3.05) is 0 Å². The monoisotopic (exact) mass is 362 g/mol. The van der Waals surface area contributed by atoms with E-state index < -0.39 is 5.60 Å². The van der Waals surface area contributed by atoms with Gasteiger partial charge in [0, 0.05) is 15.1 Å². The van der Waals surface area contributed by atoms with Crippen molar-refractivity contribution in [2.24, 2.45) is 0 Å². The summed E-state index contributed by atoms with van der Waals surface area (Å²) in [5.41, 5.74) is 0.824. The van der Waals surface area contributed by atoms with Gasteiger partial charge in [0.15, 0.2) is 0 Å². The van der Waals surface area contributed by atoms with Gasteiger partial charge in [-0.25, -0.2) is 0 Å². The van der Waals surface area contributed by atoms with Crippen LogP contribution >= 0.6 is 34.8 Å². The maximum atomic E-state index is 11.6. The molecular formula is C19H13Cl3O. The summed E-state index contributed by atoms with van der Waals surface area (Å²) in [6.45, 7) is 0. The van der Waals surface area contributed by atoms with Crippen molar-refractivity contribution in [2.45, 2.75) is 5.60 Å². The highest BCUT2D eigenvalue weighted by molar-refractivity contribution is 6.31. The van der Waals surface area contributed by atoms with Crippen molar-refractivity contribution in [1.29, 1.82) is 0 Å². The van der Waals surface area contributed by atoms with E-state index in [4.69, 9.17) is 34.8 Å². The highest BCUT2D eigenvalue weighted by Gasteiger charge is 2.33.